The van der Waals surface area contributed by atoms with Crippen LogP contribution in [-0.4, -0.2) is 27.5 Å². The minimum absolute atomic E-state index is 0.343. The van der Waals surface area contributed by atoms with Gasteiger partial charge >= 0.3 is 0 Å². The molecule has 0 spiro atoms. The van der Waals surface area contributed by atoms with Gasteiger partial charge in [0.1, 0.15) is 6.33 Å². The lowest BCUT2D eigenvalue weighted by Crippen LogP contribution is -2.24. The van der Waals surface area contributed by atoms with Crippen molar-refractivity contribution in [1.82, 2.24) is 20.5 Å². The van der Waals surface area contributed by atoms with E-state index in [4.69, 9.17) is 0 Å². The highest BCUT2D eigenvalue weighted by atomic mass is 32.2. The second-order valence-electron chi connectivity index (χ2n) is 5.10. The number of thioether (sulfide) groups is 1. The van der Waals surface area contributed by atoms with Gasteiger partial charge < -0.3 is 5.32 Å². The third kappa shape index (κ3) is 5.17. The van der Waals surface area contributed by atoms with E-state index in [0.29, 0.717) is 6.04 Å². The smallest absolute Gasteiger partial charge is 0.183 e. The van der Waals surface area contributed by atoms with Crippen LogP contribution in [0.3, 0.4) is 0 Å². The summed E-state index contributed by atoms with van der Waals surface area (Å²) in [6, 6.07) is 9.34. The first kappa shape index (κ1) is 16.0. The maximum atomic E-state index is 4.17. The Morgan fingerprint density at radius 2 is 2.00 bits per heavy atom. The summed E-state index contributed by atoms with van der Waals surface area (Å²) in [5, 5.41) is 11.3. The van der Waals surface area contributed by atoms with Crippen molar-refractivity contribution in [1.29, 1.82) is 0 Å². The zero-order valence-corrected chi connectivity index (χ0v) is 13.6. The molecule has 0 aliphatic heterocycles. The standard InChI is InChI=1S/C16H24N4S/c1-3-5-13-6-8-14(9-7-13)15(17-10-4-2)11-21-16-18-12-19-20-16/h6-9,12,15,17H,3-5,10-11H2,1-2H3,(H,18,19,20). The Balaban J connectivity index is 1.99. The Morgan fingerprint density at radius 3 is 2.62 bits per heavy atom. The maximum Gasteiger partial charge on any atom is 0.183 e. The van der Waals surface area contributed by atoms with Crippen LogP contribution in [-0.2, 0) is 6.42 Å². The van der Waals surface area contributed by atoms with Crippen LogP contribution >= 0.6 is 11.8 Å². The summed E-state index contributed by atoms with van der Waals surface area (Å²) in [5.41, 5.74) is 2.76. The first-order valence-electron chi connectivity index (χ1n) is 7.63. The second kappa shape index (κ2) is 8.85. The molecule has 4 nitrogen and oxygen atoms in total. The summed E-state index contributed by atoms with van der Waals surface area (Å²) in [5.74, 6) is 0.947. The highest BCUT2D eigenvalue weighted by Crippen LogP contribution is 2.22. The Bertz CT molecular complexity index is 496. The third-order valence-electron chi connectivity index (χ3n) is 3.34. The van der Waals surface area contributed by atoms with Gasteiger partial charge in [0.2, 0.25) is 0 Å². The zero-order valence-electron chi connectivity index (χ0n) is 12.8. The number of hydrogen-bond acceptors (Lipinski definition) is 4. The van der Waals surface area contributed by atoms with E-state index in [9.17, 15) is 0 Å². The van der Waals surface area contributed by atoms with Crippen molar-refractivity contribution in [3.63, 3.8) is 0 Å². The van der Waals surface area contributed by atoms with Gasteiger partial charge in [-0.15, -0.1) is 0 Å². The van der Waals surface area contributed by atoms with Gasteiger partial charge in [-0.2, -0.15) is 5.10 Å². The number of H-pyrrole nitrogens is 1. The fourth-order valence-corrected chi connectivity index (χ4v) is 3.10. The topological polar surface area (TPSA) is 53.6 Å². The lowest BCUT2D eigenvalue weighted by molar-refractivity contribution is 0.577. The van der Waals surface area contributed by atoms with E-state index in [0.717, 1.165) is 30.3 Å². The number of aromatic amines is 1. The van der Waals surface area contributed by atoms with Crippen LogP contribution in [0.1, 0.15) is 43.9 Å². The Labute approximate surface area is 131 Å². The summed E-state index contributed by atoms with van der Waals surface area (Å²) in [6.45, 7) is 5.43. The number of aryl methyl sites for hydroxylation is 1. The van der Waals surface area contributed by atoms with Gasteiger partial charge in [-0.25, -0.2) is 4.98 Å². The van der Waals surface area contributed by atoms with E-state index in [1.54, 1.807) is 18.1 Å². The number of aromatic nitrogens is 3. The average molecular weight is 304 g/mol. The summed E-state index contributed by atoms with van der Waals surface area (Å²) in [7, 11) is 0. The summed E-state index contributed by atoms with van der Waals surface area (Å²) in [6.07, 6.45) is 5.03. The van der Waals surface area contributed by atoms with E-state index in [1.807, 2.05) is 0 Å². The highest BCUT2D eigenvalue weighted by molar-refractivity contribution is 7.99. The molecule has 1 atom stereocenters. The molecule has 2 N–H and O–H groups in total. The minimum Gasteiger partial charge on any atom is -0.309 e. The Hall–Kier alpha value is -1.33. The molecule has 2 rings (SSSR count). The maximum absolute atomic E-state index is 4.17. The third-order valence-corrected chi connectivity index (χ3v) is 4.31. The van der Waals surface area contributed by atoms with Gasteiger partial charge in [-0.05, 0) is 30.5 Å². The largest absolute Gasteiger partial charge is 0.309 e. The monoisotopic (exact) mass is 304 g/mol. The quantitative estimate of drug-likeness (QED) is 0.695. The molecule has 1 aromatic carbocycles. The molecule has 0 bridgehead atoms. The van der Waals surface area contributed by atoms with Crippen LogP contribution in [0, 0.1) is 0 Å². The number of nitrogens with zero attached hydrogens (tertiary/aromatic N) is 2. The van der Waals surface area contributed by atoms with Crippen LogP contribution in [0.25, 0.3) is 0 Å². The Kier molecular flexibility index (Phi) is 6.76. The van der Waals surface area contributed by atoms with Crippen LogP contribution in [0.5, 0.6) is 0 Å². The molecule has 0 aliphatic rings. The van der Waals surface area contributed by atoms with Gasteiger partial charge in [-0.3, -0.25) is 5.10 Å². The van der Waals surface area contributed by atoms with Gasteiger partial charge in [0.25, 0.3) is 0 Å². The van der Waals surface area contributed by atoms with Gasteiger partial charge in [0.05, 0.1) is 0 Å². The van der Waals surface area contributed by atoms with E-state index in [1.165, 1.54) is 17.5 Å². The number of nitrogens with one attached hydrogen (secondary N) is 2. The molecular formula is C16H24N4S. The van der Waals surface area contributed by atoms with E-state index < -0.39 is 0 Å². The van der Waals surface area contributed by atoms with Crippen molar-refractivity contribution >= 4 is 11.8 Å². The SMILES string of the molecule is CCCNC(CSc1ncn[nH]1)c1ccc(CCC)cc1. The van der Waals surface area contributed by atoms with Crippen molar-refractivity contribution in [2.24, 2.45) is 0 Å². The molecule has 5 heteroatoms. The Morgan fingerprint density at radius 1 is 1.19 bits per heavy atom. The molecule has 1 unspecified atom stereocenters. The molecular weight excluding hydrogens is 280 g/mol. The summed E-state index contributed by atoms with van der Waals surface area (Å²) >= 11 is 1.70. The molecule has 0 radical (unpaired) electrons. The van der Waals surface area contributed by atoms with Crippen molar-refractivity contribution in [2.45, 2.75) is 44.3 Å². The van der Waals surface area contributed by atoms with Crippen LogP contribution in [0.2, 0.25) is 0 Å². The number of hydrogen-bond donors (Lipinski definition) is 2. The van der Waals surface area contributed by atoms with Gasteiger partial charge in [0, 0.05) is 11.8 Å². The predicted octanol–water partition coefficient (Wildman–Crippen LogP) is 3.59. The molecule has 0 fully saturated rings. The number of rotatable bonds is 9. The second-order valence-corrected chi connectivity index (χ2v) is 6.11. The van der Waals surface area contributed by atoms with Gasteiger partial charge in [0.15, 0.2) is 5.16 Å². The predicted molar refractivity (Wildman–Crippen MR) is 88.6 cm³/mol. The minimum atomic E-state index is 0.343. The van der Waals surface area contributed by atoms with E-state index in [2.05, 4.69) is 58.6 Å². The average Bonchev–Trinajstić information content (AvgIpc) is 3.02. The zero-order chi connectivity index (χ0) is 14.9. The van der Waals surface area contributed by atoms with Gasteiger partial charge in [-0.1, -0.05) is 56.3 Å². The van der Waals surface area contributed by atoms with Crippen LogP contribution in [0.4, 0.5) is 0 Å². The van der Waals surface area contributed by atoms with Crippen LogP contribution < -0.4 is 5.32 Å². The fraction of sp³-hybridized carbons (Fsp3) is 0.500. The molecule has 2 aromatic rings. The molecule has 21 heavy (non-hydrogen) atoms. The van der Waals surface area contributed by atoms with Crippen molar-refractivity contribution < 1.29 is 0 Å². The first-order chi connectivity index (χ1) is 10.3. The molecule has 0 aliphatic carbocycles. The van der Waals surface area contributed by atoms with Crippen molar-refractivity contribution in [3.05, 3.63) is 41.7 Å². The molecule has 114 valence electrons. The van der Waals surface area contributed by atoms with Crippen molar-refractivity contribution in [3.8, 4) is 0 Å². The lowest BCUT2D eigenvalue weighted by Gasteiger charge is -2.18. The molecule has 1 heterocycles. The van der Waals surface area contributed by atoms with Crippen molar-refractivity contribution in [2.75, 3.05) is 12.3 Å². The molecule has 0 amide bonds. The summed E-state index contributed by atoms with van der Waals surface area (Å²) < 4.78 is 0. The van der Waals surface area contributed by atoms with Crippen LogP contribution in [0.15, 0.2) is 35.7 Å². The molecule has 0 saturated heterocycles. The highest BCUT2D eigenvalue weighted by Gasteiger charge is 2.12. The normalized spacial score (nSPS) is 12.5. The fourth-order valence-electron chi connectivity index (χ4n) is 2.22. The number of benzene rings is 1. The molecule has 1 aromatic heterocycles. The molecule has 0 saturated carbocycles. The lowest BCUT2D eigenvalue weighted by atomic mass is 10.0. The van der Waals surface area contributed by atoms with E-state index in [-0.39, 0.29) is 0 Å². The first-order valence-corrected chi connectivity index (χ1v) is 8.62. The summed E-state index contributed by atoms with van der Waals surface area (Å²) in [4.78, 5) is 4.17. The van der Waals surface area contributed by atoms with E-state index >= 15 is 0 Å².